The molecular weight excluding hydrogens is 394 g/mol. The lowest BCUT2D eigenvalue weighted by Gasteiger charge is -2.35. The van der Waals surface area contributed by atoms with E-state index in [1.807, 2.05) is 46.0 Å². The molecule has 3 aromatic heterocycles. The average Bonchev–Trinajstić information content (AvgIpc) is 3.45. The standard InChI is InChI=1S/C22H23N7O2/c1-26-18(6-7-25-26)22(30)28-12-10-27(11-13-28)20-21-24-15-19(29(21)9-8-23-20)16-4-3-5-17(14-16)31-2/h3-9,14-15H,10-13H2,1-2H3. The van der Waals surface area contributed by atoms with Crippen molar-refractivity contribution in [2.24, 2.45) is 7.05 Å². The molecule has 5 rings (SSSR count). The first kappa shape index (κ1) is 19.1. The zero-order valence-electron chi connectivity index (χ0n) is 17.5. The zero-order chi connectivity index (χ0) is 21.4. The van der Waals surface area contributed by atoms with Crippen molar-refractivity contribution in [2.75, 3.05) is 38.2 Å². The van der Waals surface area contributed by atoms with E-state index >= 15 is 0 Å². The molecule has 0 bridgehead atoms. The number of benzene rings is 1. The van der Waals surface area contributed by atoms with Gasteiger partial charge in [0.2, 0.25) is 0 Å². The van der Waals surface area contributed by atoms with E-state index in [1.54, 1.807) is 37.3 Å². The van der Waals surface area contributed by atoms with Crippen LogP contribution in [0.3, 0.4) is 0 Å². The van der Waals surface area contributed by atoms with Crippen LogP contribution in [0, 0.1) is 0 Å². The van der Waals surface area contributed by atoms with Gasteiger partial charge in [-0.3, -0.25) is 13.9 Å². The van der Waals surface area contributed by atoms with Crippen LogP contribution >= 0.6 is 0 Å². The average molecular weight is 417 g/mol. The van der Waals surface area contributed by atoms with Gasteiger partial charge in [-0.1, -0.05) is 12.1 Å². The fourth-order valence-electron chi connectivity index (χ4n) is 3.99. The van der Waals surface area contributed by atoms with Crippen LogP contribution in [0.4, 0.5) is 5.82 Å². The van der Waals surface area contributed by atoms with E-state index < -0.39 is 0 Å². The van der Waals surface area contributed by atoms with Gasteiger partial charge in [0.05, 0.1) is 19.0 Å². The fourth-order valence-corrected chi connectivity index (χ4v) is 3.99. The van der Waals surface area contributed by atoms with E-state index in [0.717, 1.165) is 28.5 Å². The van der Waals surface area contributed by atoms with Crippen molar-refractivity contribution in [2.45, 2.75) is 0 Å². The molecule has 1 fully saturated rings. The number of carbonyl (C=O) groups excluding carboxylic acids is 1. The van der Waals surface area contributed by atoms with Gasteiger partial charge in [0.25, 0.3) is 5.91 Å². The summed E-state index contributed by atoms with van der Waals surface area (Å²) in [7, 11) is 3.45. The highest BCUT2D eigenvalue weighted by atomic mass is 16.5. The molecule has 0 unspecified atom stereocenters. The van der Waals surface area contributed by atoms with Crippen molar-refractivity contribution in [1.29, 1.82) is 0 Å². The van der Waals surface area contributed by atoms with E-state index in [4.69, 9.17) is 4.74 Å². The van der Waals surface area contributed by atoms with Crippen molar-refractivity contribution in [3.05, 3.63) is 60.8 Å². The molecule has 31 heavy (non-hydrogen) atoms. The lowest BCUT2D eigenvalue weighted by atomic mass is 10.1. The Bertz CT molecular complexity index is 1240. The lowest BCUT2D eigenvalue weighted by Crippen LogP contribution is -2.49. The molecule has 9 heteroatoms. The number of piperazine rings is 1. The SMILES string of the molecule is COc1cccc(-c2cnc3c(N4CCN(C(=O)c5ccnn5C)CC4)nccn23)c1. The van der Waals surface area contributed by atoms with Gasteiger partial charge in [-0.25, -0.2) is 9.97 Å². The van der Waals surface area contributed by atoms with Crippen molar-refractivity contribution >= 4 is 17.4 Å². The second-order valence-corrected chi connectivity index (χ2v) is 7.44. The molecule has 1 aliphatic rings. The molecule has 9 nitrogen and oxygen atoms in total. The van der Waals surface area contributed by atoms with Crippen molar-refractivity contribution in [3.63, 3.8) is 0 Å². The highest BCUT2D eigenvalue weighted by Crippen LogP contribution is 2.28. The van der Waals surface area contributed by atoms with Gasteiger partial charge < -0.3 is 14.5 Å². The molecule has 0 radical (unpaired) electrons. The fraction of sp³-hybridized carbons (Fsp3) is 0.273. The maximum Gasteiger partial charge on any atom is 0.272 e. The van der Waals surface area contributed by atoms with Gasteiger partial charge in [0, 0.05) is 57.4 Å². The summed E-state index contributed by atoms with van der Waals surface area (Å²) in [5.41, 5.74) is 3.40. The van der Waals surface area contributed by atoms with Crippen LogP contribution in [-0.4, -0.2) is 68.2 Å². The Morgan fingerprint density at radius 2 is 1.90 bits per heavy atom. The van der Waals surface area contributed by atoms with Gasteiger partial charge in [-0.05, 0) is 18.2 Å². The summed E-state index contributed by atoms with van der Waals surface area (Å²) >= 11 is 0. The Morgan fingerprint density at radius 1 is 1.06 bits per heavy atom. The zero-order valence-corrected chi connectivity index (χ0v) is 17.5. The Kier molecular flexibility index (Phi) is 4.78. The number of imidazole rings is 1. The Morgan fingerprint density at radius 3 is 2.65 bits per heavy atom. The second kappa shape index (κ2) is 7.75. The number of rotatable bonds is 4. The molecule has 0 saturated carbocycles. The molecule has 1 aromatic carbocycles. The van der Waals surface area contributed by atoms with Crippen LogP contribution in [0.15, 0.2) is 55.1 Å². The van der Waals surface area contributed by atoms with Gasteiger partial charge in [-0.2, -0.15) is 5.10 Å². The van der Waals surface area contributed by atoms with Crippen LogP contribution in [0.5, 0.6) is 5.75 Å². The number of hydrogen-bond donors (Lipinski definition) is 0. The monoisotopic (exact) mass is 417 g/mol. The smallest absolute Gasteiger partial charge is 0.272 e. The molecule has 1 saturated heterocycles. The van der Waals surface area contributed by atoms with E-state index in [-0.39, 0.29) is 5.91 Å². The number of methoxy groups -OCH3 is 1. The van der Waals surface area contributed by atoms with Crippen LogP contribution < -0.4 is 9.64 Å². The highest BCUT2D eigenvalue weighted by molar-refractivity contribution is 5.92. The molecule has 158 valence electrons. The molecule has 1 amide bonds. The summed E-state index contributed by atoms with van der Waals surface area (Å²) in [5, 5.41) is 4.10. The molecular formula is C22H23N7O2. The van der Waals surface area contributed by atoms with Crippen molar-refractivity contribution in [1.82, 2.24) is 29.0 Å². The summed E-state index contributed by atoms with van der Waals surface area (Å²) in [6.07, 6.45) is 7.22. The van der Waals surface area contributed by atoms with Gasteiger partial charge in [0.15, 0.2) is 11.5 Å². The molecule has 0 aliphatic carbocycles. The maximum absolute atomic E-state index is 12.8. The largest absolute Gasteiger partial charge is 0.497 e. The first-order valence-corrected chi connectivity index (χ1v) is 10.1. The van der Waals surface area contributed by atoms with Gasteiger partial charge in [-0.15, -0.1) is 0 Å². The van der Waals surface area contributed by atoms with Crippen molar-refractivity contribution in [3.8, 4) is 17.0 Å². The number of ether oxygens (including phenoxy) is 1. The summed E-state index contributed by atoms with van der Waals surface area (Å²) in [6, 6.07) is 9.67. The summed E-state index contributed by atoms with van der Waals surface area (Å²) in [4.78, 5) is 26.1. The summed E-state index contributed by atoms with van der Waals surface area (Å²) in [6.45, 7) is 2.63. The molecule has 4 heterocycles. The third-order valence-electron chi connectivity index (χ3n) is 5.68. The first-order chi connectivity index (χ1) is 15.2. The van der Waals surface area contributed by atoms with Crippen LogP contribution in [-0.2, 0) is 7.05 Å². The van der Waals surface area contributed by atoms with E-state index in [9.17, 15) is 4.79 Å². The number of amides is 1. The number of anilines is 1. The van der Waals surface area contributed by atoms with Gasteiger partial charge in [0.1, 0.15) is 11.4 Å². The molecule has 0 spiro atoms. The van der Waals surface area contributed by atoms with E-state index in [2.05, 4.69) is 20.0 Å². The van der Waals surface area contributed by atoms with Gasteiger partial charge >= 0.3 is 0 Å². The minimum absolute atomic E-state index is 0.00643. The topological polar surface area (TPSA) is 80.8 Å². The maximum atomic E-state index is 12.8. The first-order valence-electron chi connectivity index (χ1n) is 10.1. The normalized spacial score (nSPS) is 14.3. The number of aromatic nitrogens is 5. The Balaban J connectivity index is 1.39. The third kappa shape index (κ3) is 3.37. The lowest BCUT2D eigenvalue weighted by molar-refractivity contribution is 0.0735. The predicted molar refractivity (Wildman–Crippen MR) is 116 cm³/mol. The Hall–Kier alpha value is -3.88. The van der Waals surface area contributed by atoms with Crippen LogP contribution in [0.2, 0.25) is 0 Å². The second-order valence-electron chi connectivity index (χ2n) is 7.44. The quantitative estimate of drug-likeness (QED) is 0.506. The van der Waals surface area contributed by atoms with Crippen molar-refractivity contribution < 1.29 is 9.53 Å². The van der Waals surface area contributed by atoms with Crippen LogP contribution in [0.1, 0.15) is 10.5 Å². The minimum atomic E-state index is 0.00643. The van der Waals surface area contributed by atoms with E-state index in [0.29, 0.717) is 31.9 Å². The molecule has 1 aliphatic heterocycles. The molecule has 0 N–H and O–H groups in total. The number of nitrogens with zero attached hydrogens (tertiary/aromatic N) is 7. The highest BCUT2D eigenvalue weighted by Gasteiger charge is 2.26. The Labute approximate surface area is 179 Å². The minimum Gasteiger partial charge on any atom is -0.497 e. The predicted octanol–water partition coefficient (Wildman–Crippen LogP) is 2.10. The molecule has 0 atom stereocenters. The third-order valence-corrected chi connectivity index (χ3v) is 5.68. The molecule has 4 aromatic rings. The summed E-state index contributed by atoms with van der Waals surface area (Å²) in [5.74, 6) is 1.63. The summed E-state index contributed by atoms with van der Waals surface area (Å²) < 4.78 is 9.02. The van der Waals surface area contributed by atoms with E-state index in [1.165, 1.54) is 0 Å². The number of aryl methyl sites for hydroxylation is 1. The van der Waals surface area contributed by atoms with Crippen LogP contribution in [0.25, 0.3) is 16.9 Å². The number of fused-ring (bicyclic) bond motifs is 1. The number of hydrogen-bond acceptors (Lipinski definition) is 6. The number of carbonyl (C=O) groups is 1.